The van der Waals surface area contributed by atoms with Crippen molar-refractivity contribution in [1.82, 2.24) is 10.6 Å². The van der Waals surface area contributed by atoms with E-state index in [1.165, 1.54) is 4.70 Å². The fourth-order valence-electron chi connectivity index (χ4n) is 1.86. The molecule has 1 aromatic carbocycles. The van der Waals surface area contributed by atoms with E-state index in [0.29, 0.717) is 24.1 Å². The number of hydrogen-bond acceptors (Lipinski definition) is 3. The van der Waals surface area contributed by atoms with Crippen LogP contribution in [0.25, 0.3) is 10.1 Å². The summed E-state index contributed by atoms with van der Waals surface area (Å²) in [5.41, 5.74) is 0. The number of thiophene rings is 1. The number of nitrogens with one attached hydrogen (secondary N) is 2. The predicted octanol–water partition coefficient (Wildman–Crippen LogP) is 3.47. The molecule has 0 aliphatic rings. The summed E-state index contributed by atoms with van der Waals surface area (Å²) in [5, 5.41) is 18.0. The van der Waals surface area contributed by atoms with Gasteiger partial charge in [-0.2, -0.15) is 0 Å². The van der Waals surface area contributed by atoms with E-state index in [2.05, 4.69) is 28.3 Å². The van der Waals surface area contributed by atoms with Gasteiger partial charge >= 0.3 is 0 Å². The molecule has 0 amide bonds. The first-order valence-corrected chi connectivity index (χ1v) is 7.74. The molecule has 0 spiro atoms. The van der Waals surface area contributed by atoms with Crippen LogP contribution >= 0.6 is 46.9 Å². The van der Waals surface area contributed by atoms with E-state index in [0.717, 1.165) is 10.3 Å². The average Bonchev–Trinajstić information content (AvgIpc) is 2.91. The number of aliphatic imine (C=N–C) groups is 1. The fourth-order valence-corrected chi connectivity index (χ4v) is 2.98. The van der Waals surface area contributed by atoms with Crippen molar-refractivity contribution < 1.29 is 5.11 Å². The lowest BCUT2D eigenvalue weighted by atomic mass is 10.2. The molecule has 1 unspecified atom stereocenters. The summed E-state index contributed by atoms with van der Waals surface area (Å²) in [7, 11) is 1.66. The summed E-state index contributed by atoms with van der Waals surface area (Å²) in [4.78, 5) is 4.99. The molecule has 120 valence electrons. The maximum Gasteiger partial charge on any atom is 0.191 e. The molecule has 4 nitrogen and oxygen atoms in total. The second-order valence-corrected chi connectivity index (χ2v) is 6.18. The number of hydrogen-bond donors (Lipinski definition) is 3. The molecule has 22 heavy (non-hydrogen) atoms. The van der Waals surface area contributed by atoms with Crippen LogP contribution in [0.3, 0.4) is 0 Å². The van der Waals surface area contributed by atoms with Crippen LogP contribution in [0.15, 0.2) is 46.9 Å². The number of aliphatic hydroxyl groups excluding tert-OH is 1. The van der Waals surface area contributed by atoms with Crippen LogP contribution in [-0.4, -0.2) is 31.2 Å². The number of halogens is 2. The van der Waals surface area contributed by atoms with E-state index in [1.807, 2.05) is 24.3 Å². The van der Waals surface area contributed by atoms with Gasteiger partial charge in [0.1, 0.15) is 6.10 Å². The van der Waals surface area contributed by atoms with Crippen molar-refractivity contribution in [3.63, 3.8) is 0 Å². The summed E-state index contributed by atoms with van der Waals surface area (Å²) in [6, 6.07) is 10.1. The van der Waals surface area contributed by atoms with Gasteiger partial charge in [-0.05, 0) is 17.5 Å². The molecule has 0 radical (unpaired) electrons. The lowest BCUT2D eigenvalue weighted by Crippen LogP contribution is -2.39. The Morgan fingerprint density at radius 3 is 2.77 bits per heavy atom. The van der Waals surface area contributed by atoms with Gasteiger partial charge in [0.05, 0.1) is 6.54 Å². The van der Waals surface area contributed by atoms with Gasteiger partial charge in [-0.25, -0.2) is 0 Å². The van der Waals surface area contributed by atoms with Crippen LogP contribution < -0.4 is 10.6 Å². The Bertz CT molecular complexity index is 626. The Morgan fingerprint density at radius 1 is 1.41 bits per heavy atom. The van der Waals surface area contributed by atoms with E-state index >= 15 is 0 Å². The molecule has 1 heterocycles. The van der Waals surface area contributed by atoms with Gasteiger partial charge in [0.25, 0.3) is 0 Å². The van der Waals surface area contributed by atoms with Crippen LogP contribution in [0.5, 0.6) is 0 Å². The second kappa shape index (κ2) is 9.34. The van der Waals surface area contributed by atoms with Gasteiger partial charge < -0.3 is 15.7 Å². The van der Waals surface area contributed by atoms with Gasteiger partial charge in [0.15, 0.2) is 5.96 Å². The molecule has 3 N–H and O–H groups in total. The molecule has 0 aliphatic heterocycles. The van der Waals surface area contributed by atoms with E-state index in [1.54, 1.807) is 18.4 Å². The minimum absolute atomic E-state index is 0. The Balaban J connectivity index is 0.00000242. The number of rotatable bonds is 5. The molecule has 2 rings (SSSR count). The van der Waals surface area contributed by atoms with Gasteiger partial charge in [0, 0.05) is 28.2 Å². The van der Waals surface area contributed by atoms with Crippen molar-refractivity contribution in [1.29, 1.82) is 0 Å². The zero-order valence-corrected chi connectivity index (χ0v) is 16.1. The third kappa shape index (κ3) is 5.42. The molecular formula is C15H19ClIN3OS. The fraction of sp³-hybridized carbons (Fsp3) is 0.267. The van der Waals surface area contributed by atoms with Crippen molar-refractivity contribution in [2.24, 2.45) is 4.99 Å². The third-order valence-corrected chi connectivity index (χ3v) is 4.26. The van der Waals surface area contributed by atoms with Gasteiger partial charge in [-0.3, -0.25) is 4.99 Å². The maximum absolute atomic E-state index is 10.3. The minimum Gasteiger partial charge on any atom is -0.386 e. The van der Waals surface area contributed by atoms with Crippen LogP contribution in [-0.2, 0) is 0 Å². The Morgan fingerprint density at radius 2 is 2.14 bits per heavy atom. The molecule has 0 aliphatic carbocycles. The zero-order valence-electron chi connectivity index (χ0n) is 12.2. The van der Waals surface area contributed by atoms with Gasteiger partial charge in [0.2, 0.25) is 0 Å². The highest BCUT2D eigenvalue weighted by molar-refractivity contribution is 14.0. The lowest BCUT2D eigenvalue weighted by Gasteiger charge is -2.14. The van der Waals surface area contributed by atoms with Crippen molar-refractivity contribution in [3.05, 3.63) is 46.8 Å². The highest BCUT2D eigenvalue weighted by Gasteiger charge is 2.12. The normalized spacial score (nSPS) is 12.6. The molecule has 2 aromatic rings. The monoisotopic (exact) mass is 451 g/mol. The zero-order chi connectivity index (χ0) is 15.2. The van der Waals surface area contributed by atoms with Crippen molar-refractivity contribution in [2.75, 3.05) is 20.1 Å². The van der Waals surface area contributed by atoms with Crippen LogP contribution in [0.2, 0.25) is 0 Å². The topological polar surface area (TPSA) is 56.7 Å². The van der Waals surface area contributed by atoms with Crippen molar-refractivity contribution in [3.8, 4) is 0 Å². The second-order valence-electron chi connectivity index (χ2n) is 4.53. The Labute approximate surface area is 156 Å². The summed E-state index contributed by atoms with van der Waals surface area (Å²) in [6.07, 6.45) is -0.583. The van der Waals surface area contributed by atoms with Gasteiger partial charge in [-0.1, -0.05) is 36.4 Å². The number of nitrogens with zero attached hydrogens (tertiary/aromatic N) is 1. The molecular weight excluding hydrogens is 433 g/mol. The molecule has 0 saturated heterocycles. The number of fused-ring (bicyclic) bond motifs is 1. The summed E-state index contributed by atoms with van der Waals surface area (Å²) < 4.78 is 1.17. The number of benzene rings is 1. The molecule has 0 bridgehead atoms. The first-order valence-electron chi connectivity index (χ1n) is 6.54. The SMILES string of the molecule is C=C(Cl)CNC(=NC)NCC(O)c1cc2ccccc2s1.I. The molecule has 1 atom stereocenters. The first-order chi connectivity index (χ1) is 10.1. The van der Waals surface area contributed by atoms with Crippen molar-refractivity contribution in [2.45, 2.75) is 6.10 Å². The van der Waals surface area contributed by atoms with Crippen LogP contribution in [0.1, 0.15) is 11.0 Å². The highest BCUT2D eigenvalue weighted by Crippen LogP contribution is 2.29. The van der Waals surface area contributed by atoms with E-state index in [-0.39, 0.29) is 24.0 Å². The third-order valence-electron chi connectivity index (χ3n) is 2.91. The largest absolute Gasteiger partial charge is 0.386 e. The first kappa shape index (κ1) is 19.2. The highest BCUT2D eigenvalue weighted by atomic mass is 127. The maximum atomic E-state index is 10.3. The quantitative estimate of drug-likeness (QED) is 0.371. The summed E-state index contributed by atoms with van der Waals surface area (Å²) in [6.45, 7) is 4.41. The van der Waals surface area contributed by atoms with Crippen LogP contribution in [0.4, 0.5) is 0 Å². The smallest absolute Gasteiger partial charge is 0.191 e. The number of guanidine groups is 1. The Kier molecular flexibility index (Phi) is 8.16. The lowest BCUT2D eigenvalue weighted by molar-refractivity contribution is 0.184. The molecule has 7 heteroatoms. The van der Waals surface area contributed by atoms with E-state index < -0.39 is 6.10 Å². The van der Waals surface area contributed by atoms with E-state index in [9.17, 15) is 5.11 Å². The molecule has 0 saturated carbocycles. The van der Waals surface area contributed by atoms with Crippen molar-refractivity contribution >= 4 is 63.0 Å². The summed E-state index contributed by atoms with van der Waals surface area (Å²) >= 11 is 7.29. The average molecular weight is 452 g/mol. The molecule has 1 aromatic heterocycles. The predicted molar refractivity (Wildman–Crippen MR) is 107 cm³/mol. The Hall–Kier alpha value is -0.830. The standard InChI is InChI=1S/C15H18ClN3OS.HI/c1-10(16)8-18-15(17-2)19-9-12(20)14-7-11-5-3-4-6-13(11)21-14;/h3-7,12,20H,1,8-9H2,2H3,(H2,17,18,19);1H. The molecule has 0 fully saturated rings. The van der Waals surface area contributed by atoms with E-state index in [4.69, 9.17) is 11.6 Å². The number of aliphatic hydroxyl groups is 1. The van der Waals surface area contributed by atoms with Crippen LogP contribution in [0, 0.1) is 0 Å². The van der Waals surface area contributed by atoms with Gasteiger partial charge in [-0.15, -0.1) is 35.3 Å². The summed E-state index contributed by atoms with van der Waals surface area (Å²) in [5.74, 6) is 0.581. The minimum atomic E-state index is -0.583.